The van der Waals surface area contributed by atoms with Gasteiger partial charge < -0.3 is 19.4 Å². The van der Waals surface area contributed by atoms with Crippen LogP contribution in [0.25, 0.3) is 11.0 Å². The number of nitrogens with zero attached hydrogens (tertiary/aromatic N) is 2. The highest BCUT2D eigenvalue weighted by Gasteiger charge is 2.30. The van der Waals surface area contributed by atoms with Crippen LogP contribution in [0.4, 0.5) is 23.2 Å². The number of benzene rings is 3. The molecule has 2 aliphatic heterocycles. The smallest absolute Gasteiger partial charge is 0.416 e. The monoisotopic (exact) mass is 595 g/mol. The molecule has 0 atom stereocenters. The van der Waals surface area contributed by atoms with Gasteiger partial charge in [-0.05, 0) is 73.0 Å². The molecule has 3 heterocycles. The Hall–Kier alpha value is -4.05. The molecule has 1 N–H and O–H groups in total. The summed E-state index contributed by atoms with van der Waals surface area (Å²) in [5.74, 6) is 0.421. The highest BCUT2D eigenvalue weighted by Crippen LogP contribution is 2.32. The summed E-state index contributed by atoms with van der Waals surface area (Å²) in [5.41, 5.74) is 1.76. The number of alkyl halides is 3. The summed E-state index contributed by atoms with van der Waals surface area (Å²) in [5, 5.41) is 3.90. The number of ether oxygens (including phenoxy) is 1. The molecule has 1 amide bonds. The van der Waals surface area contributed by atoms with Crippen molar-refractivity contribution in [1.29, 1.82) is 0 Å². The molecule has 4 aromatic rings. The lowest BCUT2D eigenvalue weighted by molar-refractivity contribution is -0.137. The van der Waals surface area contributed by atoms with Crippen LogP contribution in [0.15, 0.2) is 77.2 Å². The number of carbonyl (C=O) groups excluding carboxylic acids is 1. The summed E-state index contributed by atoms with van der Waals surface area (Å²) in [4.78, 5) is 17.3. The minimum Gasteiger partial charge on any atom is -0.490 e. The number of carbonyl (C=O) groups is 1. The van der Waals surface area contributed by atoms with E-state index < -0.39 is 11.7 Å². The van der Waals surface area contributed by atoms with E-state index >= 15 is 0 Å². The average molecular weight is 596 g/mol. The van der Waals surface area contributed by atoms with Gasteiger partial charge in [-0.1, -0.05) is 12.1 Å². The van der Waals surface area contributed by atoms with Gasteiger partial charge in [-0.3, -0.25) is 9.69 Å². The van der Waals surface area contributed by atoms with Crippen LogP contribution in [0, 0.1) is 5.82 Å². The molecule has 3 aromatic carbocycles. The maximum absolute atomic E-state index is 13.2. The van der Waals surface area contributed by atoms with E-state index in [4.69, 9.17) is 9.15 Å². The van der Waals surface area contributed by atoms with E-state index in [0.717, 1.165) is 74.1 Å². The molecule has 2 aliphatic rings. The van der Waals surface area contributed by atoms with Gasteiger partial charge >= 0.3 is 6.18 Å². The Bertz CT molecular complexity index is 1540. The summed E-state index contributed by atoms with van der Waals surface area (Å²) >= 11 is 0. The maximum Gasteiger partial charge on any atom is 0.416 e. The number of furan rings is 1. The second kappa shape index (κ2) is 12.3. The minimum absolute atomic E-state index is 0.0326. The van der Waals surface area contributed by atoms with Gasteiger partial charge in [0.15, 0.2) is 5.76 Å². The first-order chi connectivity index (χ1) is 20.7. The lowest BCUT2D eigenvalue weighted by Crippen LogP contribution is -2.44. The first-order valence-corrected chi connectivity index (χ1v) is 14.6. The molecule has 0 aliphatic carbocycles. The zero-order valence-corrected chi connectivity index (χ0v) is 23.6. The number of fused-ring (bicyclic) bond motifs is 1. The van der Waals surface area contributed by atoms with Crippen LogP contribution in [0.3, 0.4) is 0 Å². The van der Waals surface area contributed by atoms with Crippen molar-refractivity contribution in [3.63, 3.8) is 0 Å². The van der Waals surface area contributed by atoms with Gasteiger partial charge in [0.25, 0.3) is 5.91 Å². The Kier molecular flexibility index (Phi) is 8.30. The number of hydrogen-bond donors (Lipinski definition) is 1. The number of amides is 1. The topological polar surface area (TPSA) is 58.0 Å². The van der Waals surface area contributed by atoms with Crippen molar-refractivity contribution in [1.82, 2.24) is 10.2 Å². The predicted octanol–water partition coefficient (Wildman–Crippen LogP) is 7.03. The minimum atomic E-state index is -4.34. The molecule has 6 rings (SSSR count). The molecule has 0 unspecified atom stereocenters. The number of hydrogen-bond acceptors (Lipinski definition) is 5. The molecule has 43 heavy (non-hydrogen) atoms. The molecule has 0 radical (unpaired) electrons. The van der Waals surface area contributed by atoms with Crippen LogP contribution >= 0.6 is 0 Å². The molecular formula is C33H33F4N3O3. The zero-order chi connectivity index (χ0) is 30.0. The van der Waals surface area contributed by atoms with Crippen LogP contribution in [0.1, 0.15) is 47.4 Å². The van der Waals surface area contributed by atoms with Crippen molar-refractivity contribution < 1.29 is 31.5 Å². The largest absolute Gasteiger partial charge is 0.490 e. The number of anilines is 1. The van der Waals surface area contributed by atoms with Gasteiger partial charge in [0.2, 0.25) is 0 Å². The fourth-order valence-electron chi connectivity index (χ4n) is 5.82. The highest BCUT2D eigenvalue weighted by atomic mass is 19.4. The number of piperidine rings is 2. The van der Waals surface area contributed by atoms with Gasteiger partial charge in [-0.15, -0.1) is 0 Å². The van der Waals surface area contributed by atoms with Crippen molar-refractivity contribution in [3.8, 4) is 5.75 Å². The molecule has 0 spiro atoms. The second-order valence-corrected chi connectivity index (χ2v) is 11.3. The quantitative estimate of drug-likeness (QED) is 0.233. The molecular weight excluding hydrogens is 562 g/mol. The van der Waals surface area contributed by atoms with Gasteiger partial charge in [-0.25, -0.2) is 4.39 Å². The van der Waals surface area contributed by atoms with Crippen LogP contribution in [-0.4, -0.2) is 49.1 Å². The van der Waals surface area contributed by atoms with Gasteiger partial charge in [0, 0.05) is 68.7 Å². The summed E-state index contributed by atoms with van der Waals surface area (Å²) in [6.45, 7) is 3.79. The van der Waals surface area contributed by atoms with E-state index in [1.54, 1.807) is 24.3 Å². The first kappa shape index (κ1) is 29.0. The highest BCUT2D eigenvalue weighted by molar-refractivity contribution is 5.96. The van der Waals surface area contributed by atoms with Gasteiger partial charge in [-0.2, -0.15) is 13.2 Å². The van der Waals surface area contributed by atoms with E-state index in [0.29, 0.717) is 24.4 Å². The van der Waals surface area contributed by atoms with Crippen LogP contribution in [0.2, 0.25) is 0 Å². The second-order valence-electron chi connectivity index (χ2n) is 11.3. The third-order valence-corrected chi connectivity index (χ3v) is 8.26. The third kappa shape index (κ3) is 7.13. The molecule has 2 fully saturated rings. The Balaban J connectivity index is 0.983. The standard InChI is InChI=1S/C33H33F4N3O3/c34-25-6-1-22(2-7-25)21-39-15-11-26(12-16-39)38-32(41)31-19-23-3-10-29(20-30(23)43-31)42-28-13-17-40(18-14-28)27-8-4-24(5-9-27)33(35,36)37/h1-10,19-20,26,28H,11-18,21H2,(H,38,41). The van der Waals surface area contributed by atoms with Crippen molar-refractivity contribution in [3.05, 3.63) is 95.5 Å². The zero-order valence-electron chi connectivity index (χ0n) is 23.6. The normalized spacial score (nSPS) is 17.3. The van der Waals surface area contributed by atoms with Crippen LogP contribution in [-0.2, 0) is 12.7 Å². The van der Waals surface area contributed by atoms with E-state index in [9.17, 15) is 22.4 Å². The Morgan fingerprint density at radius 1 is 0.884 bits per heavy atom. The Labute approximate surface area is 247 Å². The summed E-state index contributed by atoms with van der Waals surface area (Å²) in [7, 11) is 0. The lowest BCUT2D eigenvalue weighted by Gasteiger charge is -2.33. The Morgan fingerprint density at radius 2 is 1.58 bits per heavy atom. The molecule has 0 bridgehead atoms. The van der Waals surface area contributed by atoms with E-state index in [1.807, 2.05) is 12.1 Å². The van der Waals surface area contributed by atoms with E-state index in [1.165, 1.54) is 24.3 Å². The molecule has 0 saturated carbocycles. The Morgan fingerprint density at radius 3 is 2.26 bits per heavy atom. The van der Waals surface area contributed by atoms with Crippen molar-refractivity contribution in [2.45, 2.75) is 50.6 Å². The maximum atomic E-state index is 13.2. The molecule has 1 aromatic heterocycles. The van der Waals surface area contributed by atoms with Gasteiger partial charge in [0.1, 0.15) is 23.3 Å². The van der Waals surface area contributed by atoms with Crippen LogP contribution in [0.5, 0.6) is 5.75 Å². The van der Waals surface area contributed by atoms with Crippen molar-refractivity contribution in [2.24, 2.45) is 0 Å². The summed E-state index contributed by atoms with van der Waals surface area (Å²) in [6.07, 6.45) is -1.27. The van der Waals surface area contributed by atoms with Crippen molar-refractivity contribution >= 4 is 22.6 Å². The molecule has 226 valence electrons. The summed E-state index contributed by atoms with van der Waals surface area (Å²) in [6, 6.07) is 19.1. The fraction of sp³-hybridized carbons (Fsp3) is 0.364. The number of nitrogens with one attached hydrogen (secondary N) is 1. The van der Waals surface area contributed by atoms with Gasteiger partial charge in [0.05, 0.1) is 5.56 Å². The summed E-state index contributed by atoms with van der Waals surface area (Å²) < 4.78 is 63.9. The van der Waals surface area contributed by atoms with Crippen molar-refractivity contribution in [2.75, 3.05) is 31.1 Å². The first-order valence-electron chi connectivity index (χ1n) is 14.6. The average Bonchev–Trinajstić information content (AvgIpc) is 3.43. The van der Waals surface area contributed by atoms with E-state index in [2.05, 4.69) is 15.1 Å². The van der Waals surface area contributed by atoms with E-state index in [-0.39, 0.29) is 29.6 Å². The molecule has 6 nitrogen and oxygen atoms in total. The third-order valence-electron chi connectivity index (χ3n) is 8.26. The SMILES string of the molecule is O=C(NC1CCN(Cc2ccc(F)cc2)CC1)c1cc2ccc(OC3CCN(c4ccc(C(F)(F)F)cc4)CC3)cc2o1. The number of halogens is 4. The lowest BCUT2D eigenvalue weighted by atomic mass is 10.0. The molecule has 10 heteroatoms. The van der Waals surface area contributed by atoms with Crippen LogP contribution < -0.4 is 15.0 Å². The number of rotatable bonds is 7. The fourth-order valence-corrected chi connectivity index (χ4v) is 5.82. The number of likely N-dealkylation sites (tertiary alicyclic amines) is 1. The molecule has 2 saturated heterocycles. The predicted molar refractivity (Wildman–Crippen MR) is 156 cm³/mol.